The molecule has 0 spiro atoms. The van der Waals surface area contributed by atoms with Crippen LogP contribution in [0.2, 0.25) is 0 Å². The van der Waals surface area contributed by atoms with Crippen LogP contribution in [-0.4, -0.2) is 32.3 Å². The first-order chi connectivity index (χ1) is 12.6. The number of nitrogens with one attached hydrogen (secondary N) is 2. The number of carbonyl (C=O) groups is 2. The Labute approximate surface area is 151 Å². The lowest BCUT2D eigenvalue weighted by molar-refractivity contribution is -0.124. The molecular weight excluding hydrogens is 336 g/mol. The maximum atomic E-state index is 12.1. The zero-order chi connectivity index (χ0) is 18.5. The van der Waals surface area contributed by atoms with Gasteiger partial charge in [0, 0.05) is 12.7 Å². The summed E-state index contributed by atoms with van der Waals surface area (Å²) in [6.45, 7) is 1.68. The van der Waals surface area contributed by atoms with Crippen LogP contribution in [0.15, 0.2) is 42.5 Å². The molecule has 0 bridgehead atoms. The van der Waals surface area contributed by atoms with Crippen LogP contribution in [0.4, 0.5) is 5.69 Å². The number of fused-ring (bicyclic) bond motifs is 1. The van der Waals surface area contributed by atoms with E-state index in [9.17, 15) is 9.59 Å². The van der Waals surface area contributed by atoms with Gasteiger partial charge in [-0.2, -0.15) is 0 Å². The highest BCUT2D eigenvalue weighted by Gasteiger charge is 2.18. The van der Waals surface area contributed by atoms with Crippen molar-refractivity contribution in [2.45, 2.75) is 13.0 Å². The average Bonchev–Trinajstić information content (AvgIpc) is 3.13. The van der Waals surface area contributed by atoms with Crippen molar-refractivity contribution < 1.29 is 23.8 Å². The van der Waals surface area contributed by atoms with E-state index in [1.807, 2.05) is 25.1 Å². The normalized spacial score (nSPS) is 13.0. The average molecular weight is 356 g/mol. The predicted octanol–water partition coefficient (Wildman–Crippen LogP) is 2.49. The summed E-state index contributed by atoms with van der Waals surface area (Å²) in [5, 5.41) is 5.71. The molecule has 1 amide bonds. The lowest BCUT2D eigenvalue weighted by Crippen LogP contribution is -2.31. The van der Waals surface area contributed by atoms with E-state index in [0.717, 1.165) is 5.56 Å². The Morgan fingerprint density at radius 3 is 2.73 bits per heavy atom. The Hall–Kier alpha value is -3.22. The van der Waals surface area contributed by atoms with Crippen molar-refractivity contribution in [3.8, 4) is 11.5 Å². The first kappa shape index (κ1) is 17.6. The number of para-hydroxylation sites is 1. The van der Waals surface area contributed by atoms with Crippen molar-refractivity contribution in [3.05, 3.63) is 53.6 Å². The van der Waals surface area contributed by atoms with Crippen molar-refractivity contribution in [1.29, 1.82) is 0 Å². The number of hydrogen-bond acceptors (Lipinski definition) is 6. The van der Waals surface area contributed by atoms with Crippen molar-refractivity contribution in [2.24, 2.45) is 0 Å². The molecule has 7 nitrogen and oxygen atoms in total. The van der Waals surface area contributed by atoms with Gasteiger partial charge in [-0.1, -0.05) is 18.2 Å². The molecule has 1 aliphatic rings. The van der Waals surface area contributed by atoms with Crippen LogP contribution in [0, 0.1) is 0 Å². The highest BCUT2D eigenvalue weighted by Crippen LogP contribution is 2.34. The van der Waals surface area contributed by atoms with E-state index in [4.69, 9.17) is 14.2 Å². The molecule has 3 rings (SSSR count). The molecule has 1 heterocycles. The molecule has 1 atom stereocenters. The molecule has 0 radical (unpaired) electrons. The lowest BCUT2D eigenvalue weighted by Gasteiger charge is -2.15. The third-order valence-corrected chi connectivity index (χ3v) is 4.02. The summed E-state index contributed by atoms with van der Waals surface area (Å²) in [5.74, 6) is 0.398. The van der Waals surface area contributed by atoms with Crippen molar-refractivity contribution in [2.75, 3.05) is 25.8 Å². The summed E-state index contributed by atoms with van der Waals surface area (Å²) in [6.07, 6.45) is 0. The van der Waals surface area contributed by atoms with Crippen molar-refractivity contribution in [3.63, 3.8) is 0 Å². The SMILES string of the molecule is CNc1ccccc1C(=O)OCC(=O)NC(C)c1ccc2c(c1)OCO2. The third kappa shape index (κ3) is 3.88. The molecule has 2 N–H and O–H groups in total. The van der Waals surface area contributed by atoms with E-state index in [2.05, 4.69) is 10.6 Å². The van der Waals surface area contributed by atoms with Gasteiger partial charge < -0.3 is 24.8 Å². The molecule has 0 aromatic heterocycles. The number of amides is 1. The van der Waals surface area contributed by atoms with Crippen LogP contribution >= 0.6 is 0 Å². The summed E-state index contributed by atoms with van der Waals surface area (Å²) >= 11 is 0. The molecule has 0 saturated carbocycles. The molecule has 136 valence electrons. The van der Waals surface area contributed by atoms with Gasteiger partial charge in [-0.15, -0.1) is 0 Å². The van der Waals surface area contributed by atoms with E-state index in [1.54, 1.807) is 31.3 Å². The van der Waals surface area contributed by atoms with Crippen LogP contribution in [0.25, 0.3) is 0 Å². The highest BCUT2D eigenvalue weighted by atomic mass is 16.7. The fourth-order valence-electron chi connectivity index (χ4n) is 2.64. The Balaban J connectivity index is 1.54. The third-order valence-electron chi connectivity index (χ3n) is 4.02. The van der Waals surface area contributed by atoms with Gasteiger partial charge in [0.2, 0.25) is 6.79 Å². The summed E-state index contributed by atoms with van der Waals surface area (Å²) in [4.78, 5) is 24.2. The minimum absolute atomic E-state index is 0.198. The first-order valence-electron chi connectivity index (χ1n) is 8.21. The largest absolute Gasteiger partial charge is 0.454 e. The second-order valence-corrected chi connectivity index (χ2v) is 5.77. The summed E-state index contributed by atoms with van der Waals surface area (Å²) in [7, 11) is 1.71. The Morgan fingerprint density at radius 1 is 1.15 bits per heavy atom. The van der Waals surface area contributed by atoms with Crippen LogP contribution in [0.5, 0.6) is 11.5 Å². The number of carbonyl (C=O) groups excluding carboxylic acids is 2. The van der Waals surface area contributed by atoms with Gasteiger partial charge in [-0.25, -0.2) is 4.79 Å². The second kappa shape index (κ2) is 7.77. The van der Waals surface area contributed by atoms with Gasteiger partial charge in [0.1, 0.15) is 0 Å². The Kier molecular flexibility index (Phi) is 5.26. The Bertz CT molecular complexity index is 821. The van der Waals surface area contributed by atoms with Gasteiger partial charge in [0.05, 0.1) is 11.6 Å². The number of esters is 1. The molecule has 26 heavy (non-hydrogen) atoms. The highest BCUT2D eigenvalue weighted by molar-refractivity contribution is 5.96. The van der Waals surface area contributed by atoms with E-state index >= 15 is 0 Å². The van der Waals surface area contributed by atoms with Crippen LogP contribution < -0.4 is 20.1 Å². The molecule has 0 fully saturated rings. The second-order valence-electron chi connectivity index (χ2n) is 5.77. The summed E-state index contributed by atoms with van der Waals surface area (Å²) < 4.78 is 15.7. The van der Waals surface area contributed by atoms with Crippen molar-refractivity contribution in [1.82, 2.24) is 5.32 Å². The molecule has 0 saturated heterocycles. The monoisotopic (exact) mass is 356 g/mol. The fourth-order valence-corrected chi connectivity index (χ4v) is 2.64. The minimum atomic E-state index is -0.555. The smallest absolute Gasteiger partial charge is 0.340 e. The van der Waals surface area contributed by atoms with Gasteiger partial charge in [0.25, 0.3) is 5.91 Å². The van der Waals surface area contributed by atoms with Gasteiger partial charge in [-0.3, -0.25) is 4.79 Å². The lowest BCUT2D eigenvalue weighted by atomic mass is 10.1. The summed E-state index contributed by atoms with van der Waals surface area (Å²) in [5.41, 5.74) is 1.90. The standard InChI is InChI=1S/C19H20N2O5/c1-12(13-7-8-16-17(9-13)26-11-25-16)21-18(22)10-24-19(23)14-5-3-4-6-15(14)20-2/h3-9,12,20H,10-11H2,1-2H3,(H,21,22). The molecule has 0 aliphatic carbocycles. The Morgan fingerprint density at radius 2 is 1.92 bits per heavy atom. The molecular formula is C19H20N2O5. The zero-order valence-electron chi connectivity index (χ0n) is 14.6. The number of benzene rings is 2. The minimum Gasteiger partial charge on any atom is -0.454 e. The maximum Gasteiger partial charge on any atom is 0.340 e. The number of rotatable bonds is 6. The van der Waals surface area contributed by atoms with Crippen molar-refractivity contribution >= 4 is 17.6 Å². The zero-order valence-corrected chi connectivity index (χ0v) is 14.6. The van der Waals surface area contributed by atoms with Gasteiger partial charge in [-0.05, 0) is 36.8 Å². The number of hydrogen-bond donors (Lipinski definition) is 2. The van der Waals surface area contributed by atoms with Crippen LogP contribution in [-0.2, 0) is 9.53 Å². The van der Waals surface area contributed by atoms with E-state index in [1.165, 1.54) is 0 Å². The molecule has 1 unspecified atom stereocenters. The molecule has 2 aromatic rings. The van der Waals surface area contributed by atoms with E-state index < -0.39 is 5.97 Å². The first-order valence-corrected chi connectivity index (χ1v) is 8.21. The topological polar surface area (TPSA) is 85.9 Å². The summed E-state index contributed by atoms with van der Waals surface area (Å²) in [6, 6.07) is 12.2. The quantitative estimate of drug-likeness (QED) is 0.774. The molecule has 7 heteroatoms. The van der Waals surface area contributed by atoms with E-state index in [0.29, 0.717) is 22.7 Å². The number of ether oxygens (including phenoxy) is 3. The van der Waals surface area contributed by atoms with E-state index in [-0.39, 0.29) is 25.3 Å². The molecule has 1 aliphatic heterocycles. The number of anilines is 1. The fraction of sp³-hybridized carbons (Fsp3) is 0.263. The van der Waals surface area contributed by atoms with Crippen LogP contribution in [0.1, 0.15) is 28.9 Å². The van der Waals surface area contributed by atoms with Crippen LogP contribution in [0.3, 0.4) is 0 Å². The molecule has 2 aromatic carbocycles. The van der Waals surface area contributed by atoms with Gasteiger partial charge in [0.15, 0.2) is 18.1 Å². The predicted molar refractivity (Wildman–Crippen MR) is 95.4 cm³/mol. The van der Waals surface area contributed by atoms with Gasteiger partial charge >= 0.3 is 5.97 Å². The maximum absolute atomic E-state index is 12.1.